The zero-order valence-electron chi connectivity index (χ0n) is 18.0. The highest BCUT2D eigenvalue weighted by Crippen LogP contribution is 2.19. The molecule has 0 bridgehead atoms. The van der Waals surface area contributed by atoms with Crippen molar-refractivity contribution in [3.63, 3.8) is 0 Å². The van der Waals surface area contributed by atoms with Crippen LogP contribution in [0.4, 0.5) is 4.39 Å². The molecule has 0 heterocycles. The van der Waals surface area contributed by atoms with Gasteiger partial charge in [0.05, 0.1) is 5.75 Å². The maximum atomic E-state index is 14.4. The number of carbonyl (C=O) groups excluding carboxylic acids is 2. The molecule has 0 aliphatic carbocycles. The lowest BCUT2D eigenvalue weighted by molar-refractivity contribution is -0.139. The molecule has 32 heavy (non-hydrogen) atoms. The molecule has 4 nitrogen and oxygen atoms in total. The van der Waals surface area contributed by atoms with Gasteiger partial charge in [-0.05, 0) is 17.2 Å². The van der Waals surface area contributed by atoms with Crippen LogP contribution in [0.3, 0.4) is 0 Å². The lowest BCUT2D eigenvalue weighted by atomic mass is 10.0. The Morgan fingerprint density at radius 2 is 1.50 bits per heavy atom. The minimum Gasteiger partial charge on any atom is -0.357 e. The van der Waals surface area contributed by atoms with Gasteiger partial charge in [0.1, 0.15) is 11.9 Å². The highest BCUT2D eigenvalue weighted by Gasteiger charge is 2.30. The van der Waals surface area contributed by atoms with Crippen LogP contribution >= 0.6 is 11.8 Å². The van der Waals surface area contributed by atoms with Gasteiger partial charge >= 0.3 is 0 Å². The Kier molecular flexibility index (Phi) is 8.87. The first kappa shape index (κ1) is 23.5. The average molecular weight is 451 g/mol. The fourth-order valence-electron chi connectivity index (χ4n) is 3.44. The van der Waals surface area contributed by atoms with E-state index in [1.165, 1.54) is 22.7 Å². The van der Waals surface area contributed by atoms with Gasteiger partial charge in [0.2, 0.25) is 11.8 Å². The summed E-state index contributed by atoms with van der Waals surface area (Å²) >= 11 is 1.48. The second-order valence-electron chi connectivity index (χ2n) is 7.41. The molecule has 6 heteroatoms. The van der Waals surface area contributed by atoms with E-state index in [1.54, 1.807) is 25.2 Å². The molecule has 0 spiro atoms. The van der Waals surface area contributed by atoms with E-state index in [1.807, 2.05) is 60.7 Å². The fraction of sp³-hybridized carbons (Fsp3) is 0.231. The molecule has 0 aromatic heterocycles. The summed E-state index contributed by atoms with van der Waals surface area (Å²) in [6.07, 6.45) is 0.351. The van der Waals surface area contributed by atoms with Gasteiger partial charge in [-0.15, -0.1) is 11.8 Å². The highest BCUT2D eigenvalue weighted by atomic mass is 32.2. The molecule has 3 aromatic carbocycles. The van der Waals surface area contributed by atoms with E-state index in [0.717, 1.165) is 11.1 Å². The Morgan fingerprint density at radius 3 is 2.12 bits per heavy atom. The number of benzene rings is 3. The highest BCUT2D eigenvalue weighted by molar-refractivity contribution is 7.99. The molecule has 0 radical (unpaired) electrons. The summed E-state index contributed by atoms with van der Waals surface area (Å²) in [5.41, 5.74) is 2.44. The second kappa shape index (κ2) is 12.1. The zero-order chi connectivity index (χ0) is 22.8. The van der Waals surface area contributed by atoms with Crippen LogP contribution in [0.2, 0.25) is 0 Å². The Morgan fingerprint density at radius 1 is 0.906 bits per heavy atom. The molecule has 0 saturated heterocycles. The predicted octanol–water partition coefficient (Wildman–Crippen LogP) is 4.45. The monoisotopic (exact) mass is 450 g/mol. The topological polar surface area (TPSA) is 49.4 Å². The molecule has 166 valence electrons. The maximum absolute atomic E-state index is 14.4. The third kappa shape index (κ3) is 6.69. The van der Waals surface area contributed by atoms with Crippen molar-refractivity contribution >= 4 is 23.6 Å². The van der Waals surface area contributed by atoms with Gasteiger partial charge in [-0.1, -0.05) is 78.9 Å². The standard InChI is InChI=1S/C26H27FN2O2S/c1-28-26(31)24(16-20-10-4-2-5-11-20)29(17-22-14-8-9-15-23(22)27)25(30)19-32-18-21-12-6-3-7-13-21/h2-15,24H,16-19H2,1H3,(H,28,31). The van der Waals surface area contributed by atoms with E-state index >= 15 is 0 Å². The van der Waals surface area contributed by atoms with E-state index in [2.05, 4.69) is 5.32 Å². The van der Waals surface area contributed by atoms with Gasteiger partial charge < -0.3 is 10.2 Å². The SMILES string of the molecule is CNC(=O)C(Cc1ccccc1)N(Cc1ccccc1F)C(=O)CSCc1ccccc1. The number of carbonyl (C=O) groups is 2. The summed E-state index contributed by atoms with van der Waals surface area (Å²) in [7, 11) is 1.55. The summed E-state index contributed by atoms with van der Waals surface area (Å²) in [5.74, 6) is 0.0256. The van der Waals surface area contributed by atoms with E-state index in [4.69, 9.17) is 0 Å². The van der Waals surface area contributed by atoms with Crippen molar-refractivity contribution in [1.82, 2.24) is 10.2 Å². The van der Waals surface area contributed by atoms with E-state index in [-0.39, 0.29) is 24.1 Å². The smallest absolute Gasteiger partial charge is 0.242 e. The number of nitrogens with zero attached hydrogens (tertiary/aromatic N) is 1. The van der Waals surface area contributed by atoms with Crippen molar-refractivity contribution in [3.8, 4) is 0 Å². The normalized spacial score (nSPS) is 11.6. The summed E-state index contributed by atoms with van der Waals surface area (Å²) in [5, 5.41) is 2.67. The summed E-state index contributed by atoms with van der Waals surface area (Å²) < 4.78 is 14.4. The van der Waals surface area contributed by atoms with Crippen molar-refractivity contribution < 1.29 is 14.0 Å². The van der Waals surface area contributed by atoms with Gasteiger partial charge in [0.25, 0.3) is 0 Å². The Labute approximate surface area is 192 Å². The van der Waals surface area contributed by atoms with Crippen molar-refractivity contribution in [3.05, 3.63) is 107 Å². The fourth-order valence-corrected chi connectivity index (χ4v) is 4.31. The minimum atomic E-state index is -0.744. The van der Waals surface area contributed by atoms with E-state index in [0.29, 0.717) is 17.7 Å². The zero-order valence-corrected chi connectivity index (χ0v) is 18.9. The molecule has 1 unspecified atom stereocenters. The molecule has 0 fully saturated rings. The second-order valence-corrected chi connectivity index (χ2v) is 8.40. The summed E-state index contributed by atoms with van der Waals surface area (Å²) in [6.45, 7) is 0.0301. The van der Waals surface area contributed by atoms with Crippen LogP contribution in [0.5, 0.6) is 0 Å². The quantitative estimate of drug-likeness (QED) is 0.497. The van der Waals surface area contributed by atoms with Crippen molar-refractivity contribution in [2.75, 3.05) is 12.8 Å². The maximum Gasteiger partial charge on any atom is 0.242 e. The Bertz CT molecular complexity index is 1010. The van der Waals surface area contributed by atoms with Crippen LogP contribution in [-0.2, 0) is 28.3 Å². The van der Waals surface area contributed by atoms with Gasteiger partial charge in [-0.2, -0.15) is 0 Å². The number of thioether (sulfide) groups is 1. The van der Waals surface area contributed by atoms with Crippen molar-refractivity contribution in [2.45, 2.75) is 24.8 Å². The van der Waals surface area contributed by atoms with Crippen LogP contribution in [0, 0.1) is 5.82 Å². The first-order valence-electron chi connectivity index (χ1n) is 10.5. The first-order chi connectivity index (χ1) is 15.6. The molecule has 3 rings (SSSR count). The van der Waals surface area contributed by atoms with Crippen molar-refractivity contribution in [1.29, 1.82) is 0 Å². The van der Waals surface area contributed by atoms with Gasteiger partial charge in [-0.3, -0.25) is 9.59 Å². The Hall–Kier alpha value is -3.12. The molecule has 1 atom stereocenters. The molecular weight excluding hydrogens is 423 g/mol. The average Bonchev–Trinajstić information content (AvgIpc) is 2.83. The molecule has 0 saturated carbocycles. The number of amides is 2. The lowest BCUT2D eigenvalue weighted by Crippen LogP contribution is -2.50. The number of rotatable bonds is 10. The van der Waals surface area contributed by atoms with Gasteiger partial charge in [0.15, 0.2) is 0 Å². The third-order valence-corrected chi connectivity index (χ3v) is 6.14. The lowest BCUT2D eigenvalue weighted by Gasteiger charge is -2.31. The van der Waals surface area contributed by atoms with Gasteiger partial charge in [-0.25, -0.2) is 4.39 Å². The van der Waals surface area contributed by atoms with E-state index in [9.17, 15) is 14.0 Å². The van der Waals surface area contributed by atoms with Crippen LogP contribution in [-0.4, -0.2) is 35.6 Å². The molecular formula is C26H27FN2O2S. The van der Waals surface area contributed by atoms with Crippen molar-refractivity contribution in [2.24, 2.45) is 0 Å². The van der Waals surface area contributed by atoms with Crippen LogP contribution < -0.4 is 5.32 Å². The molecule has 3 aromatic rings. The molecule has 0 aliphatic heterocycles. The van der Waals surface area contributed by atoms with Crippen LogP contribution in [0.25, 0.3) is 0 Å². The van der Waals surface area contributed by atoms with E-state index < -0.39 is 11.9 Å². The molecule has 2 amide bonds. The molecule has 1 N–H and O–H groups in total. The number of halogens is 1. The number of likely N-dealkylation sites (N-methyl/N-ethyl adjacent to an activating group) is 1. The minimum absolute atomic E-state index is 0.0301. The largest absolute Gasteiger partial charge is 0.357 e. The van der Waals surface area contributed by atoms with Gasteiger partial charge in [0, 0.05) is 31.3 Å². The number of hydrogen-bond acceptors (Lipinski definition) is 3. The Balaban J connectivity index is 1.82. The third-order valence-electron chi connectivity index (χ3n) is 5.15. The van der Waals surface area contributed by atoms with Crippen LogP contribution in [0.1, 0.15) is 16.7 Å². The summed E-state index contributed by atoms with van der Waals surface area (Å²) in [6, 6.07) is 25.1. The number of nitrogens with one attached hydrogen (secondary N) is 1. The predicted molar refractivity (Wildman–Crippen MR) is 128 cm³/mol. The number of hydrogen-bond donors (Lipinski definition) is 1. The molecule has 0 aliphatic rings. The first-order valence-corrected chi connectivity index (χ1v) is 11.6. The summed E-state index contributed by atoms with van der Waals surface area (Å²) in [4.78, 5) is 27.6. The van der Waals surface area contributed by atoms with Crippen LogP contribution in [0.15, 0.2) is 84.9 Å².